The van der Waals surface area contributed by atoms with Gasteiger partial charge in [-0.15, -0.1) is 0 Å². The molecule has 2 aromatic heterocycles. The highest BCUT2D eigenvalue weighted by atomic mass is 79.9. The molecular formula is C12H13BrN4O2. The zero-order valence-corrected chi connectivity index (χ0v) is 12.1. The van der Waals surface area contributed by atoms with E-state index in [1.54, 1.807) is 19.3 Å². The fraction of sp³-hybridized carbons (Fsp3) is 0.250. The number of hydrogen-bond donors (Lipinski definition) is 1. The number of anilines is 1. The Hall–Kier alpha value is -1.89. The van der Waals surface area contributed by atoms with Gasteiger partial charge in [0.1, 0.15) is 0 Å². The minimum Gasteiger partial charge on any atom is -0.461 e. The lowest BCUT2D eigenvalue weighted by molar-refractivity contribution is 0.0520. The van der Waals surface area contributed by atoms with Gasteiger partial charge < -0.3 is 10.5 Å². The zero-order chi connectivity index (χ0) is 14.0. The van der Waals surface area contributed by atoms with Crippen molar-refractivity contribution >= 4 is 27.6 Å². The Morgan fingerprint density at radius 2 is 2.32 bits per heavy atom. The summed E-state index contributed by atoms with van der Waals surface area (Å²) in [6.45, 7) is 3.94. The number of nitrogen functional groups attached to an aromatic ring is 1. The van der Waals surface area contributed by atoms with Gasteiger partial charge >= 0.3 is 5.97 Å². The number of rotatable bonds is 3. The average Bonchev–Trinajstić information content (AvgIpc) is 2.75. The minimum atomic E-state index is -0.539. The molecule has 0 aliphatic carbocycles. The molecule has 6 nitrogen and oxygen atoms in total. The van der Waals surface area contributed by atoms with Crippen LogP contribution in [0.2, 0.25) is 0 Å². The van der Waals surface area contributed by atoms with E-state index in [-0.39, 0.29) is 18.0 Å². The van der Waals surface area contributed by atoms with E-state index in [9.17, 15) is 4.79 Å². The van der Waals surface area contributed by atoms with Crippen molar-refractivity contribution < 1.29 is 9.53 Å². The summed E-state index contributed by atoms with van der Waals surface area (Å²) >= 11 is 3.44. The van der Waals surface area contributed by atoms with Gasteiger partial charge in [-0.3, -0.25) is 0 Å². The Balaban J connectivity index is 2.45. The zero-order valence-electron chi connectivity index (χ0n) is 10.6. The number of hydrogen-bond acceptors (Lipinski definition) is 5. The lowest BCUT2D eigenvalue weighted by atomic mass is 10.3. The Labute approximate surface area is 118 Å². The van der Waals surface area contributed by atoms with Crippen molar-refractivity contribution in [1.82, 2.24) is 14.8 Å². The van der Waals surface area contributed by atoms with E-state index in [1.165, 1.54) is 4.68 Å². The molecule has 0 radical (unpaired) electrons. The van der Waals surface area contributed by atoms with Crippen LogP contribution in [0.15, 0.2) is 22.9 Å². The monoisotopic (exact) mass is 324 g/mol. The van der Waals surface area contributed by atoms with Crippen LogP contribution >= 0.6 is 15.9 Å². The summed E-state index contributed by atoms with van der Waals surface area (Å²) in [5, 5.41) is 4.13. The second-order valence-electron chi connectivity index (χ2n) is 3.86. The van der Waals surface area contributed by atoms with Gasteiger partial charge in [0.25, 0.3) is 0 Å². The molecule has 7 heteroatoms. The smallest absolute Gasteiger partial charge is 0.361 e. The van der Waals surface area contributed by atoms with E-state index in [1.807, 2.05) is 13.0 Å². The van der Waals surface area contributed by atoms with Gasteiger partial charge in [-0.1, -0.05) is 0 Å². The summed E-state index contributed by atoms with van der Waals surface area (Å²) < 4.78 is 7.14. The molecule has 0 atom stereocenters. The molecule has 2 aromatic rings. The Kier molecular flexibility index (Phi) is 3.84. The highest BCUT2D eigenvalue weighted by molar-refractivity contribution is 9.10. The van der Waals surface area contributed by atoms with Gasteiger partial charge in [-0.2, -0.15) is 5.10 Å². The van der Waals surface area contributed by atoms with Crippen LogP contribution < -0.4 is 5.73 Å². The van der Waals surface area contributed by atoms with Crippen LogP contribution in [0, 0.1) is 6.92 Å². The van der Waals surface area contributed by atoms with Crippen molar-refractivity contribution in [2.24, 2.45) is 0 Å². The number of nitrogens with zero attached hydrogens (tertiary/aromatic N) is 3. The first-order chi connectivity index (χ1) is 9.04. The van der Waals surface area contributed by atoms with Crippen molar-refractivity contribution in [3.05, 3.63) is 34.2 Å². The van der Waals surface area contributed by atoms with E-state index in [4.69, 9.17) is 10.5 Å². The maximum atomic E-state index is 11.7. The molecule has 0 saturated carbocycles. The molecule has 100 valence electrons. The first-order valence-corrected chi connectivity index (χ1v) is 6.47. The van der Waals surface area contributed by atoms with Crippen LogP contribution in [-0.2, 0) is 4.74 Å². The van der Waals surface area contributed by atoms with Gasteiger partial charge in [0, 0.05) is 6.20 Å². The normalized spacial score (nSPS) is 10.5. The van der Waals surface area contributed by atoms with E-state index in [0.29, 0.717) is 5.82 Å². The molecule has 0 saturated heterocycles. The molecule has 0 bridgehead atoms. The van der Waals surface area contributed by atoms with Crippen LogP contribution in [0.3, 0.4) is 0 Å². The molecule has 2 heterocycles. The van der Waals surface area contributed by atoms with Crippen molar-refractivity contribution in [1.29, 1.82) is 0 Å². The number of aromatic nitrogens is 3. The van der Waals surface area contributed by atoms with Gasteiger partial charge in [0.2, 0.25) is 0 Å². The van der Waals surface area contributed by atoms with Gasteiger partial charge in [0.05, 0.1) is 23.0 Å². The van der Waals surface area contributed by atoms with Crippen molar-refractivity contribution in [3.63, 3.8) is 0 Å². The summed E-state index contributed by atoms with van der Waals surface area (Å²) in [6, 6.07) is 1.87. The standard InChI is InChI=1S/C12H13BrN4O2/c1-3-19-12(18)10-8(14)6-17(16-10)11-9(13)7(2)4-5-15-11/h4-6H,3,14H2,1-2H3. The quantitative estimate of drug-likeness (QED) is 0.874. The summed E-state index contributed by atoms with van der Waals surface area (Å²) in [5.41, 5.74) is 7.13. The fourth-order valence-corrected chi connectivity index (χ4v) is 1.96. The topological polar surface area (TPSA) is 83.0 Å². The predicted octanol–water partition coefficient (Wildman–Crippen LogP) is 2.10. The summed E-state index contributed by atoms with van der Waals surface area (Å²) in [7, 11) is 0. The molecule has 2 rings (SSSR count). The van der Waals surface area contributed by atoms with E-state index in [2.05, 4.69) is 26.0 Å². The van der Waals surface area contributed by atoms with Crippen LogP contribution in [0.4, 0.5) is 5.69 Å². The SMILES string of the molecule is CCOC(=O)c1nn(-c2nccc(C)c2Br)cc1N. The van der Waals surface area contributed by atoms with Crippen molar-refractivity contribution in [2.75, 3.05) is 12.3 Å². The van der Waals surface area contributed by atoms with Crippen LogP contribution in [0.1, 0.15) is 23.0 Å². The second-order valence-corrected chi connectivity index (χ2v) is 4.66. The molecule has 0 fully saturated rings. The van der Waals surface area contributed by atoms with Crippen LogP contribution in [0.25, 0.3) is 5.82 Å². The van der Waals surface area contributed by atoms with Gasteiger partial charge in [0.15, 0.2) is 11.5 Å². The molecule has 0 unspecified atom stereocenters. The first-order valence-electron chi connectivity index (χ1n) is 5.68. The average molecular weight is 325 g/mol. The number of aryl methyl sites for hydroxylation is 1. The summed E-state index contributed by atoms with van der Waals surface area (Å²) in [5.74, 6) is 0.0322. The molecule has 0 spiro atoms. The highest BCUT2D eigenvalue weighted by Gasteiger charge is 2.18. The predicted molar refractivity (Wildman–Crippen MR) is 74.2 cm³/mol. The fourth-order valence-electron chi connectivity index (χ4n) is 1.54. The van der Waals surface area contributed by atoms with Gasteiger partial charge in [-0.05, 0) is 41.4 Å². The molecule has 0 aliphatic rings. The molecule has 2 N–H and O–H groups in total. The van der Waals surface area contributed by atoms with E-state index >= 15 is 0 Å². The molecule has 0 aliphatic heterocycles. The number of esters is 1. The summed E-state index contributed by atoms with van der Waals surface area (Å²) in [6.07, 6.45) is 3.20. The molecule has 0 amide bonds. The van der Waals surface area contributed by atoms with E-state index in [0.717, 1.165) is 10.0 Å². The van der Waals surface area contributed by atoms with Crippen LogP contribution in [0.5, 0.6) is 0 Å². The molecule has 0 aromatic carbocycles. The van der Waals surface area contributed by atoms with Crippen molar-refractivity contribution in [2.45, 2.75) is 13.8 Å². The highest BCUT2D eigenvalue weighted by Crippen LogP contribution is 2.23. The number of nitrogens with two attached hydrogens (primary N) is 1. The lowest BCUT2D eigenvalue weighted by Crippen LogP contribution is -2.09. The second kappa shape index (κ2) is 5.40. The summed E-state index contributed by atoms with van der Waals surface area (Å²) in [4.78, 5) is 15.9. The number of pyridine rings is 1. The van der Waals surface area contributed by atoms with Crippen molar-refractivity contribution in [3.8, 4) is 5.82 Å². The molecule has 19 heavy (non-hydrogen) atoms. The lowest BCUT2D eigenvalue weighted by Gasteiger charge is -2.05. The third-order valence-corrected chi connectivity index (χ3v) is 3.47. The minimum absolute atomic E-state index is 0.0945. The van der Waals surface area contributed by atoms with Gasteiger partial charge in [-0.25, -0.2) is 14.5 Å². The first kappa shape index (κ1) is 13.5. The molecular weight excluding hydrogens is 312 g/mol. The number of carbonyl (C=O) groups excluding carboxylic acids is 1. The van der Waals surface area contributed by atoms with Crippen LogP contribution in [-0.4, -0.2) is 27.3 Å². The third kappa shape index (κ3) is 2.60. The van der Waals surface area contributed by atoms with E-state index < -0.39 is 5.97 Å². The number of halogens is 1. The Morgan fingerprint density at radius 3 is 3.00 bits per heavy atom. The Morgan fingerprint density at radius 1 is 1.58 bits per heavy atom. The third-order valence-electron chi connectivity index (χ3n) is 2.49. The number of ether oxygens (including phenoxy) is 1. The Bertz CT molecular complexity index is 624. The number of carbonyl (C=O) groups is 1. The maximum absolute atomic E-state index is 11.7. The largest absolute Gasteiger partial charge is 0.461 e. The maximum Gasteiger partial charge on any atom is 0.361 e.